The van der Waals surface area contributed by atoms with E-state index < -0.39 is 45.2 Å². The molecule has 4 amide bonds. The first-order chi connectivity index (χ1) is 19.0. The standard InChI is InChI=1S/C30H26Cl2N2O6/c1-4-15-5-8-17(9-6-15)34-25(36)19-11-10-18-20(23(19)26(34)37)14-29(31)27(38)33(2)28(39)30(29,32)24(18)16-7-12-21(35)22(13-16)40-3/h4-10,12-13,19-20,23-24,35H,1,11,14H2,2-3H3/t19-,20+,23-,24-,29+,30-/m0/s1. The number of carbonyl (C=O) groups excluding carboxylic acids is 4. The number of likely N-dealkylation sites (tertiary alicyclic amines) is 1. The average Bonchev–Trinajstić information content (AvgIpc) is 3.28. The predicted octanol–water partition coefficient (Wildman–Crippen LogP) is 4.24. The highest BCUT2D eigenvalue weighted by Crippen LogP contribution is 2.65. The summed E-state index contributed by atoms with van der Waals surface area (Å²) in [6.45, 7) is 3.74. The Morgan fingerprint density at radius 1 is 1.02 bits per heavy atom. The lowest BCUT2D eigenvalue weighted by atomic mass is 9.56. The van der Waals surface area contributed by atoms with Crippen molar-refractivity contribution in [3.05, 3.63) is 71.8 Å². The monoisotopic (exact) mass is 580 g/mol. The number of phenolic OH excluding ortho intramolecular Hbond substituents is 1. The Morgan fingerprint density at radius 3 is 2.38 bits per heavy atom. The van der Waals surface area contributed by atoms with E-state index in [1.807, 2.05) is 6.08 Å². The van der Waals surface area contributed by atoms with Crippen molar-refractivity contribution in [2.45, 2.75) is 28.5 Å². The number of hydrogen-bond acceptors (Lipinski definition) is 6. The molecule has 10 heteroatoms. The third-order valence-electron chi connectivity index (χ3n) is 8.94. The number of fused-ring (bicyclic) bond motifs is 4. The molecule has 3 fully saturated rings. The topological polar surface area (TPSA) is 104 Å². The van der Waals surface area contributed by atoms with E-state index in [9.17, 15) is 24.3 Å². The number of anilines is 1. The molecule has 2 aromatic carbocycles. The number of carbonyl (C=O) groups is 4. The van der Waals surface area contributed by atoms with Gasteiger partial charge in [-0.25, -0.2) is 0 Å². The Bertz CT molecular complexity index is 1540. The summed E-state index contributed by atoms with van der Waals surface area (Å²) in [5.41, 5.74) is 2.46. The molecule has 6 rings (SSSR count). The highest BCUT2D eigenvalue weighted by Gasteiger charge is 2.75. The molecule has 1 N–H and O–H groups in total. The SMILES string of the molecule is C=Cc1ccc(N2C(=O)[C@H]3[C@H](CC=C4[C@H]3C[C@@]3(Cl)C(=O)N(C)C(=O)[C@@]3(Cl)[C@H]4c3ccc(O)c(OC)c3)C2=O)cc1. The zero-order valence-electron chi connectivity index (χ0n) is 21.8. The number of phenols is 1. The number of imide groups is 2. The number of hydrogen-bond donors (Lipinski definition) is 1. The summed E-state index contributed by atoms with van der Waals surface area (Å²) in [4.78, 5) is 53.1. The minimum Gasteiger partial charge on any atom is -0.504 e. The van der Waals surface area contributed by atoms with Gasteiger partial charge in [0.25, 0.3) is 11.8 Å². The van der Waals surface area contributed by atoms with Crippen molar-refractivity contribution in [2.75, 3.05) is 19.1 Å². The fraction of sp³-hybridized carbons (Fsp3) is 0.333. The normalized spacial score (nSPS) is 33.0. The maximum absolute atomic E-state index is 14.0. The quantitative estimate of drug-likeness (QED) is 0.329. The van der Waals surface area contributed by atoms with Crippen LogP contribution in [-0.2, 0) is 19.2 Å². The number of ether oxygens (including phenoxy) is 1. The minimum atomic E-state index is -1.90. The van der Waals surface area contributed by atoms with Crippen LogP contribution in [0.25, 0.3) is 6.08 Å². The number of methoxy groups -OCH3 is 1. The van der Waals surface area contributed by atoms with Crippen LogP contribution in [0.4, 0.5) is 5.69 Å². The van der Waals surface area contributed by atoms with E-state index in [1.54, 1.807) is 42.5 Å². The van der Waals surface area contributed by atoms with Crippen LogP contribution in [0.2, 0.25) is 0 Å². The zero-order valence-corrected chi connectivity index (χ0v) is 23.3. The van der Waals surface area contributed by atoms with Crippen LogP contribution in [-0.4, -0.2) is 57.5 Å². The second kappa shape index (κ2) is 8.94. The Hall–Kier alpha value is -3.62. The number of halogens is 2. The number of allylic oxidation sites excluding steroid dienone is 2. The fourth-order valence-corrected chi connectivity index (χ4v) is 8.03. The van der Waals surface area contributed by atoms with Crippen molar-refractivity contribution in [1.82, 2.24) is 4.90 Å². The summed E-state index contributed by atoms with van der Waals surface area (Å²) in [7, 11) is 2.73. The first kappa shape index (κ1) is 26.6. The molecule has 40 heavy (non-hydrogen) atoms. The van der Waals surface area contributed by atoms with Crippen molar-refractivity contribution in [3.8, 4) is 11.5 Å². The summed E-state index contributed by atoms with van der Waals surface area (Å²) < 4.78 is 5.31. The van der Waals surface area contributed by atoms with Crippen LogP contribution in [0.1, 0.15) is 29.9 Å². The van der Waals surface area contributed by atoms with E-state index in [2.05, 4.69) is 6.58 Å². The molecule has 0 radical (unpaired) electrons. The minimum absolute atomic E-state index is 0.0893. The van der Waals surface area contributed by atoms with Gasteiger partial charge in [0.2, 0.25) is 11.8 Å². The number of amides is 4. The van der Waals surface area contributed by atoms with Crippen LogP contribution in [0.5, 0.6) is 11.5 Å². The first-order valence-electron chi connectivity index (χ1n) is 12.9. The van der Waals surface area contributed by atoms with Crippen LogP contribution in [0.3, 0.4) is 0 Å². The van der Waals surface area contributed by atoms with Gasteiger partial charge in [-0.1, -0.05) is 42.5 Å². The van der Waals surface area contributed by atoms with E-state index >= 15 is 0 Å². The Labute approximate surface area is 240 Å². The van der Waals surface area contributed by atoms with Crippen molar-refractivity contribution < 1.29 is 29.0 Å². The lowest BCUT2D eigenvalue weighted by Gasteiger charge is -2.50. The van der Waals surface area contributed by atoms with Gasteiger partial charge in [-0.15, -0.1) is 23.2 Å². The number of nitrogens with zero attached hydrogens (tertiary/aromatic N) is 2. The van der Waals surface area contributed by atoms with Crippen molar-refractivity contribution in [1.29, 1.82) is 0 Å². The highest BCUT2D eigenvalue weighted by atomic mass is 35.5. The van der Waals surface area contributed by atoms with Crippen LogP contribution in [0.15, 0.2) is 60.7 Å². The molecule has 2 aliphatic heterocycles. The molecule has 1 saturated carbocycles. The summed E-state index contributed by atoms with van der Waals surface area (Å²) in [5, 5.41) is 10.2. The van der Waals surface area contributed by atoms with Gasteiger partial charge in [0, 0.05) is 13.0 Å². The summed E-state index contributed by atoms with van der Waals surface area (Å²) >= 11 is 14.3. The van der Waals surface area contributed by atoms with E-state index in [4.69, 9.17) is 27.9 Å². The highest BCUT2D eigenvalue weighted by molar-refractivity contribution is 6.53. The van der Waals surface area contributed by atoms with Crippen molar-refractivity contribution in [3.63, 3.8) is 0 Å². The largest absolute Gasteiger partial charge is 0.504 e. The smallest absolute Gasteiger partial charge is 0.253 e. The number of rotatable bonds is 4. The van der Waals surface area contributed by atoms with Gasteiger partial charge in [0.15, 0.2) is 21.2 Å². The van der Waals surface area contributed by atoms with Gasteiger partial charge in [-0.05, 0) is 54.2 Å². The van der Waals surface area contributed by atoms with Gasteiger partial charge in [0.1, 0.15) is 0 Å². The molecule has 2 aromatic rings. The number of aromatic hydroxyl groups is 1. The van der Waals surface area contributed by atoms with Crippen molar-refractivity contribution in [2.24, 2.45) is 17.8 Å². The second-order valence-corrected chi connectivity index (χ2v) is 12.0. The maximum atomic E-state index is 14.0. The predicted molar refractivity (Wildman–Crippen MR) is 149 cm³/mol. The van der Waals surface area contributed by atoms with Gasteiger partial charge < -0.3 is 9.84 Å². The fourth-order valence-electron chi connectivity index (χ4n) is 7.01. The van der Waals surface area contributed by atoms with Crippen LogP contribution in [0, 0.1) is 17.8 Å². The number of benzene rings is 2. The summed E-state index contributed by atoms with van der Waals surface area (Å²) in [6, 6.07) is 11.5. The lowest BCUT2D eigenvalue weighted by Crippen LogP contribution is -2.60. The third-order valence-corrected chi connectivity index (χ3v) is 10.4. The third kappa shape index (κ3) is 3.26. The Kier molecular flexibility index (Phi) is 5.95. The molecular formula is C30H26Cl2N2O6. The van der Waals surface area contributed by atoms with E-state index in [1.165, 1.54) is 25.1 Å². The zero-order chi connectivity index (χ0) is 28.7. The molecule has 2 saturated heterocycles. The number of alkyl halides is 2. The molecule has 4 aliphatic rings. The maximum Gasteiger partial charge on any atom is 0.253 e. The first-order valence-corrected chi connectivity index (χ1v) is 13.6. The van der Waals surface area contributed by atoms with Gasteiger partial charge in [-0.3, -0.25) is 29.0 Å². The van der Waals surface area contributed by atoms with E-state index in [0.717, 1.165) is 10.5 Å². The summed E-state index contributed by atoms with van der Waals surface area (Å²) in [6.07, 6.45) is 3.70. The van der Waals surface area contributed by atoms with E-state index in [0.29, 0.717) is 16.8 Å². The average molecular weight is 581 g/mol. The Morgan fingerprint density at radius 2 is 1.73 bits per heavy atom. The molecule has 206 valence electrons. The Balaban J connectivity index is 1.50. The molecule has 0 bridgehead atoms. The second-order valence-electron chi connectivity index (χ2n) is 10.7. The molecular weight excluding hydrogens is 555 g/mol. The summed E-state index contributed by atoms with van der Waals surface area (Å²) in [5.74, 6) is -4.97. The molecule has 6 atom stereocenters. The molecule has 0 spiro atoms. The molecule has 0 aromatic heterocycles. The van der Waals surface area contributed by atoms with E-state index in [-0.39, 0.29) is 36.2 Å². The molecule has 8 nitrogen and oxygen atoms in total. The molecule has 2 aliphatic carbocycles. The van der Waals surface area contributed by atoms with Gasteiger partial charge in [-0.2, -0.15) is 0 Å². The van der Waals surface area contributed by atoms with Gasteiger partial charge in [0.05, 0.1) is 24.6 Å². The lowest BCUT2D eigenvalue weighted by molar-refractivity contribution is -0.138. The molecule has 0 unspecified atom stereocenters. The molecule has 2 heterocycles. The van der Waals surface area contributed by atoms with Gasteiger partial charge >= 0.3 is 0 Å². The van der Waals surface area contributed by atoms with Crippen LogP contribution >= 0.6 is 23.2 Å². The van der Waals surface area contributed by atoms with Crippen molar-refractivity contribution >= 4 is 58.6 Å². The van der Waals surface area contributed by atoms with Crippen LogP contribution < -0.4 is 9.64 Å².